The maximum Gasteiger partial charge on any atom is 0.155 e. The van der Waals surface area contributed by atoms with Crippen molar-refractivity contribution in [2.75, 3.05) is 6.61 Å². The van der Waals surface area contributed by atoms with Gasteiger partial charge in [0.1, 0.15) is 6.61 Å². The summed E-state index contributed by atoms with van der Waals surface area (Å²) in [5.74, 6) is -0.0648. The molecule has 0 aliphatic carbocycles. The van der Waals surface area contributed by atoms with E-state index in [0.717, 1.165) is 5.57 Å². The van der Waals surface area contributed by atoms with Crippen LogP contribution in [-0.2, 0) is 9.59 Å². The molecule has 12 heavy (non-hydrogen) atoms. The van der Waals surface area contributed by atoms with Crippen molar-refractivity contribution in [2.24, 2.45) is 0 Å². The van der Waals surface area contributed by atoms with Gasteiger partial charge in [0.25, 0.3) is 0 Å². The van der Waals surface area contributed by atoms with Gasteiger partial charge in [0.15, 0.2) is 11.6 Å². The van der Waals surface area contributed by atoms with Crippen molar-refractivity contribution < 1.29 is 14.7 Å². The molecule has 0 unspecified atom stereocenters. The minimum Gasteiger partial charge on any atom is -0.389 e. The predicted molar refractivity (Wildman–Crippen MR) is 47.9 cm³/mol. The predicted octanol–water partition coefficient (Wildman–Crippen LogP) is 1.11. The molecular formula is C9H16O3. The van der Waals surface area contributed by atoms with E-state index in [4.69, 9.17) is 5.11 Å². The molecule has 0 radical (unpaired) electrons. The Morgan fingerprint density at radius 1 is 1.17 bits per heavy atom. The van der Waals surface area contributed by atoms with Crippen LogP contribution in [0.4, 0.5) is 0 Å². The number of allylic oxidation sites excluding steroid dienone is 2. The highest BCUT2D eigenvalue weighted by molar-refractivity contribution is 5.87. The molecule has 0 aliphatic heterocycles. The third kappa shape index (κ3) is 23.0. The molecule has 0 bridgehead atoms. The van der Waals surface area contributed by atoms with Gasteiger partial charge >= 0.3 is 0 Å². The van der Waals surface area contributed by atoms with Crippen LogP contribution in [0.5, 0.6) is 0 Å². The van der Waals surface area contributed by atoms with Crippen molar-refractivity contribution in [1.82, 2.24) is 0 Å². The maximum absolute atomic E-state index is 10.2. The molecule has 3 heteroatoms. The second-order valence-electron chi connectivity index (χ2n) is 2.69. The molecule has 0 aromatic rings. The lowest BCUT2D eigenvalue weighted by Crippen LogP contribution is -1.93. The minimum absolute atomic E-state index is 0.125. The average Bonchev–Trinajstić information content (AvgIpc) is 1.85. The molecule has 0 saturated carbocycles. The Morgan fingerprint density at radius 2 is 1.50 bits per heavy atom. The number of rotatable bonds is 2. The van der Waals surface area contributed by atoms with Crippen LogP contribution in [-0.4, -0.2) is 23.3 Å². The van der Waals surface area contributed by atoms with Crippen LogP contribution in [0.2, 0.25) is 0 Å². The van der Waals surface area contributed by atoms with Crippen LogP contribution in [0.15, 0.2) is 11.6 Å². The van der Waals surface area contributed by atoms with Crippen LogP contribution in [0.25, 0.3) is 0 Å². The van der Waals surface area contributed by atoms with Crippen LogP contribution in [0, 0.1) is 0 Å². The minimum atomic E-state index is -0.333. The second-order valence-corrected chi connectivity index (χ2v) is 2.69. The molecule has 0 aromatic heterocycles. The van der Waals surface area contributed by atoms with Gasteiger partial charge in [-0.2, -0.15) is 0 Å². The number of aliphatic hydroxyl groups excluding tert-OH is 1. The van der Waals surface area contributed by atoms with E-state index in [-0.39, 0.29) is 18.2 Å². The summed E-state index contributed by atoms with van der Waals surface area (Å²) in [6.45, 7) is 6.36. The number of ketones is 2. The highest BCUT2D eigenvalue weighted by Crippen LogP contribution is 1.86. The first-order chi connectivity index (χ1) is 5.40. The first-order valence-corrected chi connectivity index (χ1v) is 3.66. The number of hydrogen-bond acceptors (Lipinski definition) is 3. The largest absolute Gasteiger partial charge is 0.389 e. The van der Waals surface area contributed by atoms with Gasteiger partial charge in [-0.25, -0.2) is 0 Å². The summed E-state index contributed by atoms with van der Waals surface area (Å²) in [5.41, 5.74) is 1.06. The van der Waals surface area contributed by atoms with E-state index in [1.54, 1.807) is 13.0 Å². The fourth-order valence-electron chi connectivity index (χ4n) is 0.407. The smallest absolute Gasteiger partial charge is 0.155 e. The van der Waals surface area contributed by atoms with Crippen molar-refractivity contribution in [3.05, 3.63) is 11.6 Å². The molecule has 0 spiro atoms. The Kier molecular flexibility index (Phi) is 9.24. The topological polar surface area (TPSA) is 54.4 Å². The number of Topliss-reactive ketones (excluding diaryl/α,β-unsaturated/α-hetero) is 1. The molecule has 0 aromatic carbocycles. The number of hydrogen-bond donors (Lipinski definition) is 1. The zero-order valence-electron chi connectivity index (χ0n) is 8.05. The standard InChI is InChI=1S/C6H10O.C3H6O2/c1-5(2)4-6(3)7;1-3(5)2-4/h4H,1-3H3;4H,2H2,1H3. The molecular weight excluding hydrogens is 156 g/mol. The lowest BCUT2D eigenvalue weighted by atomic mass is 10.3. The second kappa shape index (κ2) is 8.14. The Morgan fingerprint density at radius 3 is 1.50 bits per heavy atom. The molecule has 0 aliphatic rings. The van der Waals surface area contributed by atoms with Crippen LogP contribution in [0.1, 0.15) is 27.7 Å². The van der Waals surface area contributed by atoms with E-state index < -0.39 is 0 Å². The molecule has 0 amide bonds. The Hall–Kier alpha value is -0.960. The van der Waals surface area contributed by atoms with Gasteiger partial charge in [-0.05, 0) is 33.8 Å². The Balaban J connectivity index is 0. The third-order valence-electron chi connectivity index (χ3n) is 0.715. The van der Waals surface area contributed by atoms with Crippen molar-refractivity contribution >= 4 is 11.6 Å². The summed E-state index contributed by atoms with van der Waals surface area (Å²) in [5, 5.41) is 7.79. The monoisotopic (exact) mass is 172 g/mol. The van der Waals surface area contributed by atoms with E-state index in [0.29, 0.717) is 0 Å². The summed E-state index contributed by atoms with van der Waals surface area (Å²) in [6, 6.07) is 0. The summed E-state index contributed by atoms with van der Waals surface area (Å²) in [7, 11) is 0. The molecule has 70 valence electrons. The van der Waals surface area contributed by atoms with Gasteiger partial charge in [0.2, 0.25) is 0 Å². The number of carbonyl (C=O) groups is 2. The quantitative estimate of drug-likeness (QED) is 0.635. The first-order valence-electron chi connectivity index (χ1n) is 3.66. The fourth-order valence-corrected chi connectivity index (χ4v) is 0.407. The van der Waals surface area contributed by atoms with Crippen LogP contribution in [0.3, 0.4) is 0 Å². The normalized spacial score (nSPS) is 7.75. The highest BCUT2D eigenvalue weighted by Gasteiger charge is 1.80. The van der Waals surface area contributed by atoms with Crippen molar-refractivity contribution in [1.29, 1.82) is 0 Å². The third-order valence-corrected chi connectivity index (χ3v) is 0.715. The summed E-state index contributed by atoms with van der Waals surface area (Å²) in [4.78, 5) is 19.7. The Bertz CT molecular complexity index is 176. The molecule has 0 heterocycles. The van der Waals surface area contributed by atoms with Gasteiger partial charge in [-0.1, -0.05) is 5.57 Å². The molecule has 0 fully saturated rings. The lowest BCUT2D eigenvalue weighted by molar-refractivity contribution is -0.119. The maximum atomic E-state index is 10.2. The molecule has 3 nitrogen and oxygen atoms in total. The average molecular weight is 172 g/mol. The van der Waals surface area contributed by atoms with E-state index in [9.17, 15) is 9.59 Å². The molecule has 0 atom stereocenters. The van der Waals surface area contributed by atoms with Crippen molar-refractivity contribution in [3.63, 3.8) is 0 Å². The van der Waals surface area contributed by atoms with Gasteiger partial charge < -0.3 is 5.11 Å². The van der Waals surface area contributed by atoms with Crippen LogP contribution < -0.4 is 0 Å². The molecule has 0 rings (SSSR count). The Labute approximate surface area is 73.1 Å². The number of carbonyl (C=O) groups excluding carboxylic acids is 2. The lowest BCUT2D eigenvalue weighted by Gasteiger charge is -1.80. The zero-order valence-corrected chi connectivity index (χ0v) is 8.05. The van der Waals surface area contributed by atoms with Crippen molar-refractivity contribution in [2.45, 2.75) is 27.7 Å². The van der Waals surface area contributed by atoms with Gasteiger partial charge in [-0.15, -0.1) is 0 Å². The van der Waals surface area contributed by atoms with Crippen molar-refractivity contribution in [3.8, 4) is 0 Å². The van der Waals surface area contributed by atoms with E-state index in [1.165, 1.54) is 6.92 Å². The summed E-state index contributed by atoms with van der Waals surface area (Å²) >= 11 is 0. The highest BCUT2D eigenvalue weighted by atomic mass is 16.3. The van der Waals surface area contributed by atoms with E-state index >= 15 is 0 Å². The van der Waals surface area contributed by atoms with E-state index in [1.807, 2.05) is 13.8 Å². The molecule has 1 N–H and O–H groups in total. The fraction of sp³-hybridized carbons (Fsp3) is 0.556. The van der Waals surface area contributed by atoms with Gasteiger partial charge in [0.05, 0.1) is 0 Å². The van der Waals surface area contributed by atoms with Gasteiger partial charge in [0, 0.05) is 0 Å². The zero-order chi connectivity index (χ0) is 10.1. The molecule has 0 saturated heterocycles. The first kappa shape index (κ1) is 13.6. The number of aliphatic hydroxyl groups is 1. The summed E-state index contributed by atoms with van der Waals surface area (Å²) in [6.07, 6.45) is 1.61. The van der Waals surface area contributed by atoms with Crippen LogP contribution >= 0.6 is 0 Å². The van der Waals surface area contributed by atoms with Gasteiger partial charge in [-0.3, -0.25) is 9.59 Å². The SMILES string of the molecule is CC(=O)C=C(C)C.CC(=O)CO. The van der Waals surface area contributed by atoms with E-state index in [2.05, 4.69) is 0 Å². The summed E-state index contributed by atoms with van der Waals surface area (Å²) < 4.78 is 0.